The van der Waals surface area contributed by atoms with Crippen LogP contribution in [0.1, 0.15) is 6.92 Å². The molecule has 0 bridgehead atoms. The molecule has 2 N–H and O–H groups in total. The third-order valence-corrected chi connectivity index (χ3v) is 5.06. The van der Waals surface area contributed by atoms with Gasteiger partial charge >= 0.3 is 0 Å². The molecule has 0 radical (unpaired) electrons. The van der Waals surface area contributed by atoms with Gasteiger partial charge in [-0.1, -0.05) is 30.0 Å². The van der Waals surface area contributed by atoms with Crippen molar-refractivity contribution in [2.75, 3.05) is 16.4 Å². The van der Waals surface area contributed by atoms with E-state index in [2.05, 4.69) is 25.9 Å². The quantitative estimate of drug-likeness (QED) is 0.448. The zero-order valence-corrected chi connectivity index (χ0v) is 17.2. The Morgan fingerprint density at radius 2 is 1.77 bits per heavy atom. The Morgan fingerprint density at radius 1 is 1.00 bits per heavy atom. The van der Waals surface area contributed by atoms with Crippen LogP contribution in [0, 0.1) is 5.82 Å². The van der Waals surface area contributed by atoms with E-state index in [-0.39, 0.29) is 23.4 Å². The minimum Gasteiger partial charge on any atom is -0.326 e. The maximum atomic E-state index is 13.6. The Kier molecular flexibility index (Phi) is 5.89. The standard InChI is InChI=1S/C21H17FN6O2S/c1-13(29)23-16-6-3-7-17(11-16)24-19(30)12-31-20-9-8-18-25-26-21(28(18)27-20)14-4-2-5-15(22)10-14/h2-11H,12H2,1H3,(H,23,29)(H,24,30). The maximum absolute atomic E-state index is 13.6. The van der Waals surface area contributed by atoms with Crippen molar-refractivity contribution < 1.29 is 14.0 Å². The van der Waals surface area contributed by atoms with Crippen molar-refractivity contribution in [3.05, 3.63) is 66.5 Å². The second-order valence-corrected chi connectivity index (χ2v) is 7.57. The largest absolute Gasteiger partial charge is 0.326 e. The fourth-order valence-corrected chi connectivity index (χ4v) is 3.53. The molecule has 4 aromatic rings. The summed E-state index contributed by atoms with van der Waals surface area (Å²) in [4.78, 5) is 23.5. The molecule has 156 valence electrons. The fourth-order valence-electron chi connectivity index (χ4n) is 2.87. The molecule has 2 amide bonds. The smallest absolute Gasteiger partial charge is 0.234 e. The summed E-state index contributed by atoms with van der Waals surface area (Å²) in [7, 11) is 0. The van der Waals surface area contributed by atoms with E-state index in [0.717, 1.165) is 0 Å². The number of fused-ring (bicyclic) bond motifs is 1. The van der Waals surface area contributed by atoms with Crippen LogP contribution in [-0.4, -0.2) is 37.4 Å². The molecular weight excluding hydrogens is 419 g/mol. The van der Waals surface area contributed by atoms with Crippen LogP contribution in [0.4, 0.5) is 15.8 Å². The Bertz CT molecular complexity index is 1280. The van der Waals surface area contributed by atoms with Gasteiger partial charge in [0, 0.05) is 23.9 Å². The van der Waals surface area contributed by atoms with Crippen LogP contribution in [0.2, 0.25) is 0 Å². The average Bonchev–Trinajstić information content (AvgIpc) is 3.15. The highest BCUT2D eigenvalue weighted by atomic mass is 32.2. The van der Waals surface area contributed by atoms with Gasteiger partial charge in [0.05, 0.1) is 5.75 Å². The van der Waals surface area contributed by atoms with Crippen LogP contribution in [0.5, 0.6) is 0 Å². The zero-order valence-electron chi connectivity index (χ0n) is 16.4. The number of anilines is 2. The predicted molar refractivity (Wildman–Crippen MR) is 116 cm³/mol. The highest BCUT2D eigenvalue weighted by Gasteiger charge is 2.12. The summed E-state index contributed by atoms with van der Waals surface area (Å²) < 4.78 is 15.1. The Morgan fingerprint density at radius 3 is 2.55 bits per heavy atom. The highest BCUT2D eigenvalue weighted by molar-refractivity contribution is 7.99. The number of rotatable bonds is 6. The van der Waals surface area contributed by atoms with Crippen LogP contribution < -0.4 is 10.6 Å². The van der Waals surface area contributed by atoms with E-state index in [4.69, 9.17) is 0 Å². The second kappa shape index (κ2) is 8.92. The van der Waals surface area contributed by atoms with Crippen LogP contribution in [0.25, 0.3) is 17.0 Å². The first-order valence-electron chi connectivity index (χ1n) is 9.27. The normalized spacial score (nSPS) is 10.8. The van der Waals surface area contributed by atoms with E-state index >= 15 is 0 Å². The predicted octanol–water partition coefficient (Wildman–Crippen LogP) is 3.62. The molecule has 0 aliphatic carbocycles. The minimum atomic E-state index is -0.376. The van der Waals surface area contributed by atoms with Crippen LogP contribution in [0.3, 0.4) is 0 Å². The molecule has 31 heavy (non-hydrogen) atoms. The summed E-state index contributed by atoms with van der Waals surface area (Å²) in [5.74, 6) is -0.247. The fraction of sp³-hybridized carbons (Fsp3) is 0.0952. The summed E-state index contributed by atoms with van der Waals surface area (Å²) in [5.41, 5.74) is 2.25. The Hall–Kier alpha value is -3.79. The van der Waals surface area contributed by atoms with Crippen LogP contribution >= 0.6 is 11.8 Å². The van der Waals surface area contributed by atoms with Gasteiger partial charge in [-0.05, 0) is 42.5 Å². The Balaban J connectivity index is 1.45. The number of nitrogens with one attached hydrogen (secondary N) is 2. The first-order valence-corrected chi connectivity index (χ1v) is 10.3. The number of nitrogens with zero attached hydrogens (tertiary/aromatic N) is 4. The molecule has 0 atom stereocenters. The van der Waals surface area contributed by atoms with Gasteiger partial charge in [-0.2, -0.15) is 9.61 Å². The molecule has 0 saturated carbocycles. The molecule has 0 aliphatic rings. The molecule has 4 rings (SSSR count). The molecule has 8 nitrogen and oxygen atoms in total. The SMILES string of the molecule is CC(=O)Nc1cccc(NC(=O)CSc2ccc3nnc(-c4cccc(F)c4)n3n2)c1. The molecule has 10 heteroatoms. The van der Waals surface area contributed by atoms with Crippen molar-refractivity contribution in [3.8, 4) is 11.4 Å². The topological polar surface area (TPSA) is 101 Å². The van der Waals surface area contributed by atoms with Crippen molar-refractivity contribution >= 4 is 40.6 Å². The van der Waals surface area contributed by atoms with E-state index in [1.807, 2.05) is 0 Å². The zero-order chi connectivity index (χ0) is 21.8. The molecular formula is C21H17FN6O2S. The van der Waals surface area contributed by atoms with Gasteiger partial charge in [0.2, 0.25) is 11.8 Å². The van der Waals surface area contributed by atoms with Gasteiger partial charge in [0.1, 0.15) is 10.8 Å². The number of hydrogen-bond acceptors (Lipinski definition) is 6. The van der Waals surface area contributed by atoms with Gasteiger partial charge in [-0.3, -0.25) is 9.59 Å². The number of aromatic nitrogens is 4. The van der Waals surface area contributed by atoms with Crippen molar-refractivity contribution in [1.82, 2.24) is 19.8 Å². The number of benzene rings is 2. The lowest BCUT2D eigenvalue weighted by Gasteiger charge is -2.08. The number of halogens is 1. The van der Waals surface area contributed by atoms with Crippen molar-refractivity contribution in [3.63, 3.8) is 0 Å². The van der Waals surface area contributed by atoms with Gasteiger partial charge < -0.3 is 10.6 Å². The maximum Gasteiger partial charge on any atom is 0.234 e. The van der Waals surface area contributed by atoms with E-state index < -0.39 is 0 Å². The van der Waals surface area contributed by atoms with E-state index in [0.29, 0.717) is 33.4 Å². The van der Waals surface area contributed by atoms with Gasteiger partial charge in [-0.15, -0.1) is 10.2 Å². The molecule has 0 saturated heterocycles. The Labute approximate surface area is 180 Å². The monoisotopic (exact) mass is 436 g/mol. The summed E-state index contributed by atoms with van der Waals surface area (Å²) in [6.45, 7) is 1.42. The molecule has 0 aliphatic heterocycles. The van der Waals surface area contributed by atoms with Crippen molar-refractivity contribution in [1.29, 1.82) is 0 Å². The lowest BCUT2D eigenvalue weighted by molar-refractivity contribution is -0.114. The molecule has 0 spiro atoms. The van der Waals surface area contributed by atoms with Gasteiger partial charge in [-0.25, -0.2) is 4.39 Å². The third kappa shape index (κ3) is 5.04. The van der Waals surface area contributed by atoms with Crippen molar-refractivity contribution in [2.24, 2.45) is 0 Å². The number of hydrogen-bond donors (Lipinski definition) is 2. The van der Waals surface area contributed by atoms with Gasteiger partial charge in [0.25, 0.3) is 0 Å². The molecule has 0 unspecified atom stereocenters. The summed E-state index contributed by atoms with van der Waals surface area (Å²) >= 11 is 1.24. The molecule has 0 fully saturated rings. The van der Waals surface area contributed by atoms with Gasteiger partial charge in [0.15, 0.2) is 11.5 Å². The summed E-state index contributed by atoms with van der Waals surface area (Å²) in [5, 5.41) is 18.7. The van der Waals surface area contributed by atoms with E-state index in [9.17, 15) is 14.0 Å². The van der Waals surface area contributed by atoms with E-state index in [1.54, 1.807) is 48.5 Å². The van der Waals surface area contributed by atoms with E-state index in [1.165, 1.54) is 35.3 Å². The average molecular weight is 436 g/mol. The lowest BCUT2D eigenvalue weighted by atomic mass is 10.2. The van der Waals surface area contributed by atoms with Crippen LogP contribution in [-0.2, 0) is 9.59 Å². The molecule has 2 aromatic heterocycles. The lowest BCUT2D eigenvalue weighted by Crippen LogP contribution is -2.14. The minimum absolute atomic E-state index is 0.125. The highest BCUT2D eigenvalue weighted by Crippen LogP contribution is 2.22. The third-order valence-electron chi connectivity index (χ3n) is 4.14. The summed E-state index contributed by atoms with van der Waals surface area (Å²) in [6, 6.07) is 16.4. The number of amides is 2. The number of thioether (sulfide) groups is 1. The van der Waals surface area contributed by atoms with Crippen molar-refractivity contribution in [2.45, 2.75) is 11.9 Å². The first-order chi connectivity index (χ1) is 15.0. The molecule has 2 aromatic carbocycles. The number of carbonyl (C=O) groups is 2. The first kappa shape index (κ1) is 20.5. The molecule has 2 heterocycles. The second-order valence-electron chi connectivity index (χ2n) is 6.57. The number of carbonyl (C=O) groups excluding carboxylic acids is 2. The summed E-state index contributed by atoms with van der Waals surface area (Å²) in [6.07, 6.45) is 0. The van der Waals surface area contributed by atoms with Crippen LogP contribution in [0.15, 0.2) is 65.7 Å².